The number of carbonyl (C=O) groups excluding carboxylic acids is 1. The molecule has 1 N–H and O–H groups in total. The van der Waals surface area contributed by atoms with E-state index < -0.39 is 0 Å². The van der Waals surface area contributed by atoms with E-state index in [-0.39, 0.29) is 23.0 Å². The number of aliphatic hydroxyl groups excluding tert-OH is 1. The molecule has 1 aliphatic carbocycles. The van der Waals surface area contributed by atoms with Gasteiger partial charge in [0, 0.05) is 19.1 Å². The molecule has 3 nitrogen and oxygen atoms in total. The van der Waals surface area contributed by atoms with Crippen LogP contribution in [0, 0.1) is 0 Å². The van der Waals surface area contributed by atoms with Gasteiger partial charge in [-0.1, -0.05) is 53.5 Å². The molecule has 0 aliphatic heterocycles. The molecule has 0 amide bonds. The third kappa shape index (κ3) is 3.69. The minimum absolute atomic E-state index is 0.000765. The Morgan fingerprint density at radius 3 is 2.46 bits per heavy atom. The monoisotopic (exact) mass is 359 g/mol. The van der Waals surface area contributed by atoms with Gasteiger partial charge in [0.05, 0.1) is 21.3 Å². The van der Waals surface area contributed by atoms with E-state index in [1.807, 2.05) is 30.3 Å². The number of allylic oxidation sites excluding steroid dienone is 2. The molecule has 0 aromatic heterocycles. The number of aliphatic hydroxyl groups is 1. The number of benzene rings is 2. The Morgan fingerprint density at radius 2 is 1.79 bits per heavy atom. The number of rotatable bonds is 3. The third-order valence-electron chi connectivity index (χ3n) is 4.00. The molecule has 0 bridgehead atoms. The molecule has 0 saturated carbocycles. The molecule has 5 heteroatoms. The number of nitrogens with zero attached hydrogens (tertiary/aromatic N) is 1. The molecular weight excluding hydrogens is 345 g/mol. The van der Waals surface area contributed by atoms with Gasteiger partial charge >= 0.3 is 0 Å². The van der Waals surface area contributed by atoms with Crippen LogP contribution in [0.15, 0.2) is 64.9 Å². The van der Waals surface area contributed by atoms with Crippen molar-refractivity contribution < 1.29 is 9.90 Å². The predicted octanol–water partition coefficient (Wildman–Crippen LogP) is 5.65. The van der Waals surface area contributed by atoms with Crippen molar-refractivity contribution >= 4 is 40.9 Å². The van der Waals surface area contributed by atoms with Gasteiger partial charge in [0.1, 0.15) is 5.76 Å². The summed E-state index contributed by atoms with van der Waals surface area (Å²) in [5.41, 5.74) is 1.88. The number of aliphatic imine (C=N–C) groups is 1. The van der Waals surface area contributed by atoms with E-state index in [4.69, 9.17) is 23.2 Å². The smallest absolute Gasteiger partial charge is 0.168 e. The van der Waals surface area contributed by atoms with Crippen molar-refractivity contribution in [2.75, 3.05) is 0 Å². The standard InChI is InChI=1S/C19H15Cl2NO2/c20-16-7-6-14(10-17(16)21)22-11-15-18(23)8-13(9-19(15)24)12-4-2-1-3-5-12/h1-7,10-11,13,23H,8-9H2. The number of hydrogen-bond donors (Lipinski definition) is 1. The topological polar surface area (TPSA) is 49.7 Å². The van der Waals surface area contributed by atoms with Crippen molar-refractivity contribution in [3.8, 4) is 0 Å². The van der Waals surface area contributed by atoms with E-state index in [0.717, 1.165) is 5.56 Å². The van der Waals surface area contributed by atoms with Crippen LogP contribution in [0.1, 0.15) is 24.3 Å². The highest BCUT2D eigenvalue weighted by atomic mass is 35.5. The molecule has 0 radical (unpaired) electrons. The van der Waals surface area contributed by atoms with Crippen LogP contribution in [-0.4, -0.2) is 17.1 Å². The SMILES string of the molecule is O=C1CC(c2ccccc2)CC(O)=C1C=Nc1ccc(Cl)c(Cl)c1. The second-order valence-electron chi connectivity index (χ2n) is 5.66. The van der Waals surface area contributed by atoms with Crippen LogP contribution in [0.4, 0.5) is 5.69 Å². The van der Waals surface area contributed by atoms with Crippen molar-refractivity contribution in [1.29, 1.82) is 0 Å². The summed E-state index contributed by atoms with van der Waals surface area (Å²) in [6.45, 7) is 0. The van der Waals surface area contributed by atoms with Crippen molar-refractivity contribution in [2.45, 2.75) is 18.8 Å². The lowest BCUT2D eigenvalue weighted by Gasteiger charge is -2.22. The number of Topliss-reactive ketones (excluding diaryl/α,β-unsaturated/α-hetero) is 1. The summed E-state index contributed by atoms with van der Waals surface area (Å²) in [6.07, 6.45) is 2.19. The van der Waals surface area contributed by atoms with Gasteiger partial charge in [-0.25, -0.2) is 0 Å². The zero-order chi connectivity index (χ0) is 17.1. The second kappa shape index (κ2) is 7.20. The molecule has 1 aliphatic rings. The normalized spacial score (nSPS) is 18.4. The summed E-state index contributed by atoms with van der Waals surface area (Å²) in [6, 6.07) is 14.7. The molecule has 122 valence electrons. The molecule has 24 heavy (non-hydrogen) atoms. The minimum atomic E-state index is -0.114. The van der Waals surface area contributed by atoms with Gasteiger partial charge < -0.3 is 5.11 Å². The highest BCUT2D eigenvalue weighted by Gasteiger charge is 2.27. The summed E-state index contributed by atoms with van der Waals surface area (Å²) >= 11 is 11.8. The lowest BCUT2D eigenvalue weighted by Crippen LogP contribution is -2.19. The first kappa shape index (κ1) is 16.7. The molecule has 3 rings (SSSR count). The van der Waals surface area contributed by atoms with Crippen molar-refractivity contribution in [1.82, 2.24) is 0 Å². The molecule has 2 aromatic rings. The Balaban J connectivity index is 1.81. The maximum atomic E-state index is 12.4. The fourth-order valence-corrected chi connectivity index (χ4v) is 3.01. The Labute approximate surface area is 150 Å². The third-order valence-corrected chi connectivity index (χ3v) is 4.74. The quantitative estimate of drug-likeness (QED) is 0.719. The molecule has 0 heterocycles. The summed E-state index contributed by atoms with van der Waals surface area (Å²) in [5, 5.41) is 11.1. The zero-order valence-electron chi connectivity index (χ0n) is 12.7. The zero-order valence-corrected chi connectivity index (χ0v) is 14.3. The van der Waals surface area contributed by atoms with Crippen molar-refractivity contribution in [3.63, 3.8) is 0 Å². The maximum Gasteiger partial charge on any atom is 0.168 e. The van der Waals surface area contributed by atoms with Crippen molar-refractivity contribution in [3.05, 3.63) is 75.5 Å². The fourth-order valence-electron chi connectivity index (χ4n) is 2.72. The Bertz CT molecular complexity index is 829. The van der Waals surface area contributed by atoms with Gasteiger partial charge in [0.2, 0.25) is 0 Å². The largest absolute Gasteiger partial charge is 0.511 e. The lowest BCUT2D eigenvalue weighted by atomic mass is 9.83. The predicted molar refractivity (Wildman–Crippen MR) is 97.7 cm³/mol. The Kier molecular flexibility index (Phi) is 5.03. The number of ketones is 1. The van der Waals surface area contributed by atoms with Crippen LogP contribution in [0.2, 0.25) is 10.0 Å². The molecular formula is C19H15Cl2NO2. The molecule has 1 atom stereocenters. The number of hydrogen-bond acceptors (Lipinski definition) is 3. The maximum absolute atomic E-state index is 12.4. The molecule has 0 fully saturated rings. The molecule has 1 unspecified atom stereocenters. The first-order valence-corrected chi connectivity index (χ1v) is 8.29. The average Bonchev–Trinajstić information content (AvgIpc) is 2.58. The van der Waals surface area contributed by atoms with E-state index in [1.54, 1.807) is 18.2 Å². The van der Waals surface area contributed by atoms with Crippen molar-refractivity contribution in [2.24, 2.45) is 4.99 Å². The van der Waals surface area contributed by atoms with Gasteiger partial charge in [-0.15, -0.1) is 0 Å². The van der Waals surface area contributed by atoms with E-state index in [0.29, 0.717) is 28.6 Å². The Morgan fingerprint density at radius 1 is 1.04 bits per heavy atom. The van der Waals surface area contributed by atoms with E-state index >= 15 is 0 Å². The summed E-state index contributed by atoms with van der Waals surface area (Å²) in [4.78, 5) is 16.6. The van der Waals surface area contributed by atoms with Gasteiger partial charge in [-0.3, -0.25) is 9.79 Å². The first-order chi connectivity index (χ1) is 11.5. The Hall–Kier alpha value is -2.10. The minimum Gasteiger partial charge on any atom is -0.511 e. The van der Waals surface area contributed by atoms with Crippen LogP contribution in [-0.2, 0) is 4.79 Å². The van der Waals surface area contributed by atoms with Gasteiger partial charge in [-0.05, 0) is 29.7 Å². The lowest BCUT2D eigenvalue weighted by molar-refractivity contribution is -0.116. The highest BCUT2D eigenvalue weighted by Crippen LogP contribution is 2.33. The number of carbonyl (C=O) groups is 1. The van der Waals surface area contributed by atoms with Gasteiger partial charge in [-0.2, -0.15) is 0 Å². The number of halogens is 2. The summed E-state index contributed by atoms with van der Waals surface area (Å²) < 4.78 is 0. The van der Waals surface area contributed by atoms with Crippen LogP contribution in [0.5, 0.6) is 0 Å². The van der Waals surface area contributed by atoms with Crippen LogP contribution >= 0.6 is 23.2 Å². The first-order valence-electron chi connectivity index (χ1n) is 7.54. The average molecular weight is 360 g/mol. The van der Waals surface area contributed by atoms with Gasteiger partial charge in [0.15, 0.2) is 5.78 Å². The molecule has 2 aromatic carbocycles. The summed E-state index contributed by atoms with van der Waals surface area (Å²) in [7, 11) is 0. The van der Waals surface area contributed by atoms with Crippen LogP contribution in [0.3, 0.4) is 0 Å². The van der Waals surface area contributed by atoms with Gasteiger partial charge in [0.25, 0.3) is 0 Å². The van der Waals surface area contributed by atoms with Crippen LogP contribution < -0.4 is 0 Å². The molecule has 0 spiro atoms. The van der Waals surface area contributed by atoms with Crippen LogP contribution in [0.25, 0.3) is 0 Å². The fraction of sp³-hybridized carbons (Fsp3) is 0.158. The van der Waals surface area contributed by atoms with E-state index in [2.05, 4.69) is 4.99 Å². The summed E-state index contributed by atoms with van der Waals surface area (Å²) in [5.74, 6) is -0.0406. The second-order valence-corrected chi connectivity index (χ2v) is 6.47. The van der Waals surface area contributed by atoms with E-state index in [9.17, 15) is 9.90 Å². The molecule has 0 saturated heterocycles. The highest BCUT2D eigenvalue weighted by molar-refractivity contribution is 6.42. The van der Waals surface area contributed by atoms with E-state index in [1.165, 1.54) is 6.21 Å².